The maximum absolute atomic E-state index is 11.9. The number of carbonyl (C=O) groups is 2. The van der Waals surface area contributed by atoms with Crippen molar-refractivity contribution in [2.45, 2.75) is 31.5 Å². The number of benzene rings is 1. The lowest BCUT2D eigenvalue weighted by Gasteiger charge is -2.12. The van der Waals surface area contributed by atoms with Gasteiger partial charge in [0.05, 0.1) is 0 Å². The Bertz CT molecular complexity index is 550. The summed E-state index contributed by atoms with van der Waals surface area (Å²) in [4.78, 5) is 22.6. The molecule has 1 aromatic rings. The maximum atomic E-state index is 11.9. The third kappa shape index (κ3) is 4.33. The Morgan fingerprint density at radius 2 is 2.00 bits per heavy atom. The molecular formula is C14H15Cl2NO4. The average molecular weight is 332 g/mol. The van der Waals surface area contributed by atoms with E-state index < -0.39 is 18.2 Å². The molecule has 0 saturated carbocycles. The largest absolute Gasteiger partial charge is 0.479 e. The zero-order chi connectivity index (χ0) is 15.4. The second-order valence-corrected chi connectivity index (χ2v) is 5.65. The fraction of sp³-hybridized carbons (Fsp3) is 0.429. The van der Waals surface area contributed by atoms with E-state index in [4.69, 9.17) is 33.0 Å². The fourth-order valence-corrected chi connectivity index (χ4v) is 2.67. The smallest absolute Gasteiger partial charge is 0.332 e. The van der Waals surface area contributed by atoms with E-state index in [1.807, 2.05) is 6.07 Å². The molecule has 21 heavy (non-hydrogen) atoms. The van der Waals surface area contributed by atoms with Gasteiger partial charge >= 0.3 is 5.97 Å². The van der Waals surface area contributed by atoms with Gasteiger partial charge in [0.1, 0.15) is 6.10 Å². The average Bonchev–Trinajstić information content (AvgIpc) is 2.91. The number of amides is 1. The summed E-state index contributed by atoms with van der Waals surface area (Å²) in [6.07, 6.45) is -0.226. The molecule has 1 aromatic carbocycles. The summed E-state index contributed by atoms with van der Waals surface area (Å²) >= 11 is 11.8. The first-order chi connectivity index (χ1) is 9.97. The van der Waals surface area contributed by atoms with Gasteiger partial charge in [-0.25, -0.2) is 4.79 Å². The van der Waals surface area contributed by atoms with Crippen LogP contribution in [0.25, 0.3) is 0 Å². The lowest BCUT2D eigenvalue weighted by molar-refractivity contribution is -0.151. The first kappa shape index (κ1) is 16.1. The van der Waals surface area contributed by atoms with Crippen molar-refractivity contribution in [2.24, 2.45) is 0 Å². The van der Waals surface area contributed by atoms with Crippen LogP contribution in [-0.2, 0) is 20.7 Å². The Morgan fingerprint density at radius 3 is 2.62 bits per heavy atom. The molecule has 2 N–H and O–H groups in total. The standard InChI is InChI=1S/C14H15Cl2NO4/c15-9-2-1-8(10(16)7-9)5-6-17-13(18)11-3-4-12(21-11)14(19)20/h1-2,7,11-12H,3-6H2,(H,17,18)(H,19,20)/t11-,12+/m0/s1. The quantitative estimate of drug-likeness (QED) is 0.867. The van der Waals surface area contributed by atoms with E-state index in [1.165, 1.54) is 0 Å². The van der Waals surface area contributed by atoms with Gasteiger partial charge in [0.15, 0.2) is 6.10 Å². The lowest BCUT2D eigenvalue weighted by atomic mass is 10.1. The Hall–Kier alpha value is -1.30. The predicted molar refractivity (Wildman–Crippen MR) is 78.7 cm³/mol. The number of halogens is 2. The molecule has 1 aliphatic rings. The summed E-state index contributed by atoms with van der Waals surface area (Å²) in [5.74, 6) is -1.32. The van der Waals surface area contributed by atoms with Crippen molar-refractivity contribution in [2.75, 3.05) is 6.54 Å². The van der Waals surface area contributed by atoms with E-state index in [9.17, 15) is 9.59 Å². The zero-order valence-electron chi connectivity index (χ0n) is 11.1. The molecule has 1 amide bonds. The second-order valence-electron chi connectivity index (χ2n) is 4.81. The van der Waals surface area contributed by atoms with Crippen LogP contribution in [0.4, 0.5) is 0 Å². The van der Waals surface area contributed by atoms with E-state index in [2.05, 4.69) is 5.32 Å². The van der Waals surface area contributed by atoms with E-state index in [0.717, 1.165) is 5.56 Å². The molecule has 1 saturated heterocycles. The number of nitrogens with one attached hydrogen (secondary N) is 1. The van der Waals surface area contributed by atoms with Crippen LogP contribution < -0.4 is 5.32 Å². The molecule has 2 rings (SSSR count). The monoisotopic (exact) mass is 331 g/mol. The summed E-state index contributed by atoms with van der Waals surface area (Å²) in [6, 6.07) is 5.20. The molecule has 0 aromatic heterocycles. The van der Waals surface area contributed by atoms with Crippen LogP contribution >= 0.6 is 23.2 Å². The van der Waals surface area contributed by atoms with E-state index >= 15 is 0 Å². The van der Waals surface area contributed by atoms with Crippen molar-refractivity contribution in [3.63, 3.8) is 0 Å². The minimum absolute atomic E-state index is 0.288. The highest BCUT2D eigenvalue weighted by Gasteiger charge is 2.34. The van der Waals surface area contributed by atoms with Crippen LogP contribution in [0.2, 0.25) is 10.0 Å². The molecule has 1 heterocycles. The van der Waals surface area contributed by atoms with Crippen LogP contribution in [0, 0.1) is 0 Å². The van der Waals surface area contributed by atoms with Gasteiger partial charge in [-0.1, -0.05) is 29.3 Å². The van der Waals surface area contributed by atoms with Crippen molar-refractivity contribution < 1.29 is 19.4 Å². The van der Waals surface area contributed by atoms with Crippen LogP contribution in [0.5, 0.6) is 0 Å². The number of hydrogen-bond acceptors (Lipinski definition) is 3. The minimum Gasteiger partial charge on any atom is -0.479 e. The minimum atomic E-state index is -1.03. The summed E-state index contributed by atoms with van der Waals surface area (Å²) in [7, 11) is 0. The normalized spacial score (nSPS) is 21.2. The third-order valence-corrected chi connectivity index (χ3v) is 3.88. The van der Waals surface area contributed by atoms with Crippen LogP contribution in [0.15, 0.2) is 18.2 Å². The second kappa shape index (κ2) is 7.11. The summed E-state index contributed by atoms with van der Waals surface area (Å²) in [5, 5.41) is 12.7. The number of ether oxygens (including phenoxy) is 1. The van der Waals surface area contributed by atoms with E-state index in [1.54, 1.807) is 12.1 Å². The van der Waals surface area contributed by atoms with Gasteiger partial charge in [0.25, 0.3) is 0 Å². The maximum Gasteiger partial charge on any atom is 0.332 e. The predicted octanol–water partition coefficient (Wildman–Crippen LogP) is 2.28. The molecule has 0 radical (unpaired) electrons. The van der Waals surface area contributed by atoms with Crippen molar-refractivity contribution in [3.8, 4) is 0 Å². The van der Waals surface area contributed by atoms with E-state index in [0.29, 0.717) is 35.9 Å². The molecule has 2 atom stereocenters. The highest BCUT2D eigenvalue weighted by Crippen LogP contribution is 2.22. The van der Waals surface area contributed by atoms with Crippen LogP contribution in [0.1, 0.15) is 18.4 Å². The fourth-order valence-electron chi connectivity index (χ4n) is 2.17. The summed E-state index contributed by atoms with van der Waals surface area (Å²) in [5.41, 5.74) is 0.886. The van der Waals surface area contributed by atoms with Crippen molar-refractivity contribution in [1.82, 2.24) is 5.32 Å². The lowest BCUT2D eigenvalue weighted by Crippen LogP contribution is -2.36. The Labute approximate surface area is 132 Å². The molecular weight excluding hydrogens is 317 g/mol. The topological polar surface area (TPSA) is 75.6 Å². The molecule has 0 bridgehead atoms. The van der Waals surface area contributed by atoms with Gasteiger partial charge in [-0.3, -0.25) is 4.79 Å². The number of rotatable bonds is 5. The third-order valence-electron chi connectivity index (χ3n) is 3.30. The summed E-state index contributed by atoms with van der Waals surface area (Å²) in [6.45, 7) is 0.401. The van der Waals surface area contributed by atoms with E-state index in [-0.39, 0.29) is 5.91 Å². The number of carboxylic acid groups (broad SMARTS) is 1. The molecule has 0 spiro atoms. The van der Waals surface area contributed by atoms with Crippen molar-refractivity contribution in [1.29, 1.82) is 0 Å². The highest BCUT2D eigenvalue weighted by atomic mass is 35.5. The number of aliphatic carboxylic acids is 1. The molecule has 1 fully saturated rings. The molecule has 0 unspecified atom stereocenters. The van der Waals surface area contributed by atoms with Gasteiger partial charge in [0.2, 0.25) is 5.91 Å². The zero-order valence-corrected chi connectivity index (χ0v) is 12.7. The number of hydrogen-bond donors (Lipinski definition) is 2. The van der Waals surface area contributed by atoms with Crippen LogP contribution in [0.3, 0.4) is 0 Å². The first-order valence-corrected chi connectivity index (χ1v) is 7.33. The molecule has 114 valence electrons. The summed E-state index contributed by atoms with van der Waals surface area (Å²) < 4.78 is 5.17. The van der Waals surface area contributed by atoms with Crippen molar-refractivity contribution >= 4 is 35.1 Å². The van der Waals surface area contributed by atoms with Gasteiger partial charge in [0, 0.05) is 16.6 Å². The molecule has 5 nitrogen and oxygen atoms in total. The van der Waals surface area contributed by atoms with Gasteiger partial charge in [-0.2, -0.15) is 0 Å². The van der Waals surface area contributed by atoms with Gasteiger partial charge in [-0.05, 0) is 37.0 Å². The highest BCUT2D eigenvalue weighted by molar-refractivity contribution is 6.35. The molecule has 1 aliphatic heterocycles. The Balaban J connectivity index is 1.78. The number of carbonyl (C=O) groups excluding carboxylic acids is 1. The van der Waals surface area contributed by atoms with Crippen molar-refractivity contribution in [3.05, 3.63) is 33.8 Å². The van der Waals surface area contributed by atoms with Gasteiger partial charge < -0.3 is 15.2 Å². The van der Waals surface area contributed by atoms with Crippen LogP contribution in [-0.4, -0.2) is 35.7 Å². The SMILES string of the molecule is O=C(NCCc1ccc(Cl)cc1Cl)[C@@H]1CC[C@H](C(=O)O)O1. The Morgan fingerprint density at radius 1 is 1.29 bits per heavy atom. The first-order valence-electron chi connectivity index (χ1n) is 6.57. The molecule has 0 aliphatic carbocycles. The molecule has 7 heteroatoms. The number of carboxylic acids is 1. The van der Waals surface area contributed by atoms with Gasteiger partial charge in [-0.15, -0.1) is 0 Å². The Kier molecular flexibility index (Phi) is 5.45.